The van der Waals surface area contributed by atoms with Gasteiger partial charge < -0.3 is 9.84 Å². The van der Waals surface area contributed by atoms with Crippen LogP contribution in [0.15, 0.2) is 97.1 Å². The first kappa shape index (κ1) is 21.1. The fraction of sp³-hybridized carbons (Fsp3) is 0.143. The Balaban J connectivity index is 2.06. The number of ether oxygens (including phenoxy) is 1. The van der Waals surface area contributed by atoms with E-state index in [1.165, 1.54) is 0 Å². The zero-order valence-electron chi connectivity index (χ0n) is 17.7. The Hall–Kier alpha value is -4.10. The van der Waals surface area contributed by atoms with Gasteiger partial charge in [-0.05, 0) is 28.0 Å². The maximum absolute atomic E-state index is 12.9. The predicted octanol–water partition coefficient (Wildman–Crippen LogP) is 5.82. The summed E-state index contributed by atoms with van der Waals surface area (Å²) in [5.74, 6) is -1.36. The van der Waals surface area contributed by atoms with Crippen molar-refractivity contribution in [3.05, 3.63) is 114 Å². The lowest BCUT2D eigenvalue weighted by Gasteiger charge is -2.34. The van der Waals surface area contributed by atoms with Crippen LogP contribution in [0.1, 0.15) is 22.6 Å². The van der Waals surface area contributed by atoms with Crippen molar-refractivity contribution in [1.29, 1.82) is 5.26 Å². The first-order valence-electron chi connectivity index (χ1n) is 10.4. The SMILES string of the molecule is COc1ccccc1C(c1cccc2ccccc12)[C@](C#N)(Cc1ccccc1)C(=O)O. The Kier molecular flexibility index (Phi) is 5.91. The van der Waals surface area contributed by atoms with E-state index in [2.05, 4.69) is 6.07 Å². The number of carboxylic acid groups (broad SMARTS) is 1. The Labute approximate surface area is 187 Å². The summed E-state index contributed by atoms with van der Waals surface area (Å²) in [6, 6.07) is 32.5. The normalized spacial score (nSPS) is 13.6. The number of fused-ring (bicyclic) bond motifs is 1. The zero-order valence-corrected chi connectivity index (χ0v) is 17.7. The molecule has 0 saturated carbocycles. The molecule has 4 heteroatoms. The molecule has 0 bridgehead atoms. The maximum Gasteiger partial charge on any atom is 0.325 e. The summed E-state index contributed by atoms with van der Waals surface area (Å²) in [6.45, 7) is 0. The van der Waals surface area contributed by atoms with E-state index >= 15 is 0 Å². The van der Waals surface area contributed by atoms with Crippen molar-refractivity contribution < 1.29 is 14.6 Å². The Morgan fingerprint density at radius 2 is 1.53 bits per heavy atom. The molecule has 158 valence electrons. The number of carboxylic acids is 1. The number of hydrogen-bond acceptors (Lipinski definition) is 3. The van der Waals surface area contributed by atoms with E-state index in [1.807, 2.05) is 91.0 Å². The third-order valence-corrected chi connectivity index (χ3v) is 5.98. The minimum Gasteiger partial charge on any atom is -0.496 e. The van der Waals surface area contributed by atoms with Crippen LogP contribution >= 0.6 is 0 Å². The highest BCUT2D eigenvalue weighted by molar-refractivity contribution is 5.89. The number of aliphatic carboxylic acids is 1. The van der Waals surface area contributed by atoms with Crippen molar-refractivity contribution >= 4 is 16.7 Å². The van der Waals surface area contributed by atoms with Crippen molar-refractivity contribution in [2.24, 2.45) is 5.41 Å². The van der Waals surface area contributed by atoms with Crippen molar-refractivity contribution in [2.75, 3.05) is 7.11 Å². The molecule has 0 radical (unpaired) electrons. The van der Waals surface area contributed by atoms with Gasteiger partial charge in [-0.25, -0.2) is 0 Å². The molecule has 2 atom stereocenters. The first-order chi connectivity index (χ1) is 15.6. The number of hydrogen-bond donors (Lipinski definition) is 1. The quantitative estimate of drug-likeness (QED) is 0.408. The zero-order chi connectivity index (χ0) is 22.6. The second kappa shape index (κ2) is 8.95. The lowest BCUT2D eigenvalue weighted by atomic mass is 9.65. The van der Waals surface area contributed by atoms with E-state index in [4.69, 9.17) is 4.74 Å². The lowest BCUT2D eigenvalue weighted by molar-refractivity contribution is -0.146. The first-order valence-corrected chi connectivity index (χ1v) is 10.4. The number of nitrogens with zero attached hydrogens (tertiary/aromatic N) is 1. The summed E-state index contributed by atoms with van der Waals surface area (Å²) in [7, 11) is 1.56. The average Bonchev–Trinajstić information content (AvgIpc) is 2.84. The van der Waals surface area contributed by atoms with Gasteiger partial charge in [0.25, 0.3) is 0 Å². The molecule has 4 aromatic carbocycles. The van der Waals surface area contributed by atoms with Gasteiger partial charge in [-0.1, -0.05) is 91.0 Å². The van der Waals surface area contributed by atoms with Crippen molar-refractivity contribution in [1.82, 2.24) is 0 Å². The third kappa shape index (κ3) is 3.70. The molecule has 0 amide bonds. The number of methoxy groups -OCH3 is 1. The topological polar surface area (TPSA) is 70.3 Å². The minimum absolute atomic E-state index is 0.0611. The summed E-state index contributed by atoms with van der Waals surface area (Å²) in [6.07, 6.45) is 0.0611. The molecule has 0 aromatic heterocycles. The highest BCUT2D eigenvalue weighted by Crippen LogP contribution is 2.48. The van der Waals surface area contributed by atoms with E-state index < -0.39 is 17.3 Å². The second-order valence-corrected chi connectivity index (χ2v) is 7.79. The van der Waals surface area contributed by atoms with Gasteiger partial charge in [0.15, 0.2) is 5.41 Å². The molecule has 0 fully saturated rings. The molecule has 0 saturated heterocycles. The maximum atomic E-state index is 12.9. The Morgan fingerprint density at radius 1 is 0.906 bits per heavy atom. The predicted molar refractivity (Wildman–Crippen MR) is 125 cm³/mol. The highest BCUT2D eigenvalue weighted by atomic mass is 16.5. The van der Waals surface area contributed by atoms with E-state index in [9.17, 15) is 15.2 Å². The van der Waals surface area contributed by atoms with Crippen LogP contribution < -0.4 is 4.74 Å². The number of carbonyl (C=O) groups is 1. The van der Waals surface area contributed by atoms with Gasteiger partial charge >= 0.3 is 5.97 Å². The standard InChI is InChI=1S/C28H23NO3/c1-32-25-17-8-7-15-24(25)26(23-16-9-13-21-12-5-6-14-22(21)23)28(19-29,27(30)31)18-20-10-3-2-4-11-20/h2-17,26H,18H2,1H3,(H,30,31)/t26?,28-/m1/s1. The average molecular weight is 421 g/mol. The van der Waals surface area contributed by atoms with Crippen molar-refractivity contribution in [3.63, 3.8) is 0 Å². The van der Waals surface area contributed by atoms with Crippen LogP contribution in [-0.2, 0) is 11.2 Å². The molecule has 1 N–H and O–H groups in total. The number of para-hydroxylation sites is 1. The summed E-state index contributed by atoms with van der Waals surface area (Å²) in [4.78, 5) is 12.9. The van der Waals surface area contributed by atoms with E-state index in [1.54, 1.807) is 13.2 Å². The number of benzene rings is 4. The molecule has 0 aliphatic rings. The largest absolute Gasteiger partial charge is 0.496 e. The fourth-order valence-corrected chi connectivity index (χ4v) is 4.48. The lowest BCUT2D eigenvalue weighted by Crippen LogP contribution is -2.39. The highest BCUT2D eigenvalue weighted by Gasteiger charge is 2.49. The summed E-state index contributed by atoms with van der Waals surface area (Å²) >= 11 is 0. The molecule has 4 aromatic rings. The van der Waals surface area contributed by atoms with Crippen molar-refractivity contribution in [2.45, 2.75) is 12.3 Å². The molecular weight excluding hydrogens is 398 g/mol. The molecule has 0 spiro atoms. The van der Waals surface area contributed by atoms with Crippen LogP contribution in [0.2, 0.25) is 0 Å². The molecule has 0 aliphatic heterocycles. The van der Waals surface area contributed by atoms with E-state index in [0.717, 1.165) is 21.9 Å². The van der Waals surface area contributed by atoms with Crippen LogP contribution in [0.4, 0.5) is 0 Å². The Morgan fingerprint density at radius 3 is 2.25 bits per heavy atom. The number of rotatable bonds is 7. The van der Waals surface area contributed by atoms with Crippen LogP contribution in [0.5, 0.6) is 5.75 Å². The summed E-state index contributed by atoms with van der Waals surface area (Å²) in [5.41, 5.74) is 0.496. The fourth-order valence-electron chi connectivity index (χ4n) is 4.48. The van der Waals surface area contributed by atoms with Gasteiger partial charge in [0, 0.05) is 17.9 Å². The molecule has 0 aliphatic carbocycles. The van der Waals surface area contributed by atoms with Gasteiger partial charge in [-0.2, -0.15) is 5.26 Å². The smallest absolute Gasteiger partial charge is 0.325 e. The Bertz CT molecular complexity index is 1290. The molecule has 4 rings (SSSR count). The third-order valence-electron chi connectivity index (χ3n) is 5.98. The van der Waals surface area contributed by atoms with Gasteiger partial charge in [0.1, 0.15) is 5.75 Å². The minimum atomic E-state index is -1.75. The molecular formula is C28H23NO3. The molecule has 0 heterocycles. The summed E-state index contributed by atoms with van der Waals surface area (Å²) in [5, 5.41) is 22.9. The summed E-state index contributed by atoms with van der Waals surface area (Å²) < 4.78 is 5.63. The van der Waals surface area contributed by atoms with Gasteiger partial charge in [0.05, 0.1) is 13.2 Å². The van der Waals surface area contributed by atoms with Gasteiger partial charge in [0.2, 0.25) is 0 Å². The monoisotopic (exact) mass is 421 g/mol. The van der Waals surface area contributed by atoms with E-state index in [-0.39, 0.29) is 6.42 Å². The van der Waals surface area contributed by atoms with Crippen LogP contribution in [0.3, 0.4) is 0 Å². The van der Waals surface area contributed by atoms with Gasteiger partial charge in [-0.3, -0.25) is 4.79 Å². The van der Waals surface area contributed by atoms with Crippen LogP contribution in [0, 0.1) is 16.7 Å². The molecule has 32 heavy (non-hydrogen) atoms. The van der Waals surface area contributed by atoms with Crippen LogP contribution in [0.25, 0.3) is 10.8 Å². The van der Waals surface area contributed by atoms with Crippen molar-refractivity contribution in [3.8, 4) is 11.8 Å². The van der Waals surface area contributed by atoms with Crippen LogP contribution in [-0.4, -0.2) is 18.2 Å². The molecule has 4 nitrogen and oxygen atoms in total. The molecule has 1 unspecified atom stereocenters. The van der Waals surface area contributed by atoms with E-state index in [0.29, 0.717) is 11.3 Å². The second-order valence-electron chi connectivity index (χ2n) is 7.79. The number of nitriles is 1. The van der Waals surface area contributed by atoms with Gasteiger partial charge in [-0.15, -0.1) is 0 Å².